The Morgan fingerprint density at radius 2 is 2.05 bits per heavy atom. The zero-order valence-corrected chi connectivity index (χ0v) is 13.5. The van der Waals surface area contributed by atoms with Gasteiger partial charge in [0.1, 0.15) is 0 Å². The Hall–Kier alpha value is -0.590. The Labute approximate surface area is 123 Å². The van der Waals surface area contributed by atoms with Gasteiger partial charge < -0.3 is 5.73 Å². The monoisotopic (exact) mass is 346 g/mol. The van der Waals surface area contributed by atoms with Gasteiger partial charge in [0.25, 0.3) is 0 Å². The number of nitrogen functional groups attached to an aromatic ring is 1. The lowest BCUT2D eigenvalue weighted by atomic mass is 10.3. The minimum atomic E-state index is -3.45. The molecule has 2 N–H and O–H groups in total. The highest BCUT2D eigenvalue weighted by Crippen LogP contribution is 2.33. The molecule has 106 valence electrons. The maximum atomic E-state index is 12.7. The Morgan fingerprint density at radius 1 is 1.42 bits per heavy atom. The van der Waals surface area contributed by atoms with E-state index in [1.807, 2.05) is 13.8 Å². The summed E-state index contributed by atoms with van der Waals surface area (Å²) in [5, 5.41) is 0. The Bertz CT molecular complexity index is 568. The van der Waals surface area contributed by atoms with E-state index < -0.39 is 10.0 Å². The van der Waals surface area contributed by atoms with Gasteiger partial charge in [-0.2, -0.15) is 4.31 Å². The zero-order chi connectivity index (χ0) is 14.2. The Balaban J connectivity index is 2.34. The second-order valence-corrected chi connectivity index (χ2v) is 8.04. The molecule has 0 saturated heterocycles. The van der Waals surface area contributed by atoms with E-state index in [1.54, 1.807) is 22.5 Å². The van der Waals surface area contributed by atoms with E-state index in [9.17, 15) is 8.42 Å². The van der Waals surface area contributed by atoms with Gasteiger partial charge in [-0.3, -0.25) is 0 Å². The summed E-state index contributed by atoms with van der Waals surface area (Å²) in [6, 6.07) is 4.72. The van der Waals surface area contributed by atoms with Crippen molar-refractivity contribution in [1.29, 1.82) is 0 Å². The first-order valence-electron chi connectivity index (χ1n) is 6.39. The molecule has 6 heteroatoms. The highest BCUT2D eigenvalue weighted by molar-refractivity contribution is 9.10. The number of rotatable bonds is 5. The topological polar surface area (TPSA) is 63.4 Å². The average Bonchev–Trinajstić information content (AvgIpc) is 3.12. The summed E-state index contributed by atoms with van der Waals surface area (Å²) in [7, 11) is -3.45. The molecule has 0 bridgehead atoms. The molecule has 0 heterocycles. The molecule has 19 heavy (non-hydrogen) atoms. The van der Waals surface area contributed by atoms with Crippen LogP contribution in [0.15, 0.2) is 27.6 Å². The standard InChI is InChI=1S/C13H19BrN2O2S/c1-9(2)16(8-10-3-4-10)19(17,18)11-5-6-13(15)12(14)7-11/h5-7,9-10H,3-4,8,15H2,1-2H3. The summed E-state index contributed by atoms with van der Waals surface area (Å²) in [5.41, 5.74) is 6.24. The van der Waals surface area contributed by atoms with Crippen LogP contribution in [-0.4, -0.2) is 25.3 Å². The average molecular weight is 347 g/mol. The lowest BCUT2D eigenvalue weighted by Crippen LogP contribution is -2.38. The van der Waals surface area contributed by atoms with Crippen LogP contribution in [0.4, 0.5) is 5.69 Å². The lowest BCUT2D eigenvalue weighted by Gasteiger charge is -2.26. The molecule has 0 radical (unpaired) electrons. The molecule has 2 rings (SSSR count). The fraction of sp³-hybridized carbons (Fsp3) is 0.538. The summed E-state index contributed by atoms with van der Waals surface area (Å²) >= 11 is 3.28. The number of hydrogen-bond donors (Lipinski definition) is 1. The predicted octanol–water partition coefficient (Wildman–Crippen LogP) is 2.84. The first kappa shape index (κ1) is 14.8. The summed E-state index contributed by atoms with van der Waals surface area (Å²) in [5.74, 6) is 0.523. The van der Waals surface area contributed by atoms with Gasteiger partial charge in [-0.05, 0) is 66.7 Å². The van der Waals surface area contributed by atoms with Crippen LogP contribution in [0, 0.1) is 5.92 Å². The van der Waals surface area contributed by atoms with Crippen LogP contribution < -0.4 is 5.73 Å². The van der Waals surface area contributed by atoms with Crippen molar-refractivity contribution in [2.45, 2.75) is 37.6 Å². The first-order chi connectivity index (χ1) is 8.82. The van der Waals surface area contributed by atoms with Gasteiger partial charge >= 0.3 is 0 Å². The summed E-state index contributed by atoms with van der Waals surface area (Å²) in [6.07, 6.45) is 2.26. The van der Waals surface area contributed by atoms with Gasteiger partial charge in [0.2, 0.25) is 10.0 Å². The highest BCUT2D eigenvalue weighted by atomic mass is 79.9. The van der Waals surface area contributed by atoms with Crippen LogP contribution in [0.2, 0.25) is 0 Å². The minimum Gasteiger partial charge on any atom is -0.398 e. The zero-order valence-electron chi connectivity index (χ0n) is 11.1. The molecule has 0 aromatic heterocycles. The Kier molecular flexibility index (Phi) is 4.23. The number of hydrogen-bond acceptors (Lipinski definition) is 3. The molecule has 0 spiro atoms. The molecule has 1 saturated carbocycles. The molecule has 1 aromatic rings. The van der Waals surface area contributed by atoms with Crippen molar-refractivity contribution in [1.82, 2.24) is 4.31 Å². The van der Waals surface area contributed by atoms with Crippen molar-refractivity contribution >= 4 is 31.6 Å². The number of sulfonamides is 1. The Morgan fingerprint density at radius 3 is 2.53 bits per heavy atom. The van der Waals surface area contributed by atoms with Crippen molar-refractivity contribution in [2.75, 3.05) is 12.3 Å². The normalized spacial score (nSPS) is 16.3. The maximum Gasteiger partial charge on any atom is 0.243 e. The van der Waals surface area contributed by atoms with E-state index in [1.165, 1.54) is 0 Å². The van der Waals surface area contributed by atoms with Crippen LogP contribution in [0.5, 0.6) is 0 Å². The molecule has 0 amide bonds. The van der Waals surface area contributed by atoms with E-state index in [2.05, 4.69) is 15.9 Å². The number of benzene rings is 1. The quantitative estimate of drug-likeness (QED) is 0.833. The van der Waals surface area contributed by atoms with Gasteiger partial charge in [-0.1, -0.05) is 0 Å². The molecule has 0 aliphatic heterocycles. The van der Waals surface area contributed by atoms with E-state index in [0.29, 0.717) is 27.5 Å². The van der Waals surface area contributed by atoms with Gasteiger partial charge in [-0.15, -0.1) is 0 Å². The molecule has 0 atom stereocenters. The highest BCUT2D eigenvalue weighted by Gasteiger charge is 2.33. The van der Waals surface area contributed by atoms with Crippen molar-refractivity contribution in [3.8, 4) is 0 Å². The van der Waals surface area contributed by atoms with Crippen LogP contribution in [0.1, 0.15) is 26.7 Å². The largest absolute Gasteiger partial charge is 0.398 e. The second kappa shape index (κ2) is 5.42. The van der Waals surface area contributed by atoms with Crippen molar-refractivity contribution in [2.24, 2.45) is 5.92 Å². The number of nitrogens with two attached hydrogens (primary N) is 1. The summed E-state index contributed by atoms with van der Waals surface area (Å²) in [6.45, 7) is 4.43. The third-order valence-electron chi connectivity index (χ3n) is 3.29. The van der Waals surface area contributed by atoms with Crippen molar-refractivity contribution in [3.63, 3.8) is 0 Å². The summed E-state index contributed by atoms with van der Waals surface area (Å²) < 4.78 is 27.5. The molecule has 0 unspecified atom stereocenters. The SMILES string of the molecule is CC(C)N(CC1CC1)S(=O)(=O)c1ccc(N)c(Br)c1. The molecule has 4 nitrogen and oxygen atoms in total. The van der Waals surface area contributed by atoms with Crippen molar-refractivity contribution in [3.05, 3.63) is 22.7 Å². The second-order valence-electron chi connectivity index (χ2n) is 5.30. The fourth-order valence-electron chi connectivity index (χ4n) is 1.95. The molecule has 1 aliphatic rings. The van der Waals surface area contributed by atoms with Gasteiger partial charge in [-0.25, -0.2) is 8.42 Å². The minimum absolute atomic E-state index is 0.0399. The van der Waals surface area contributed by atoms with Gasteiger partial charge in [0.15, 0.2) is 0 Å². The van der Waals surface area contributed by atoms with Crippen LogP contribution >= 0.6 is 15.9 Å². The molecular weight excluding hydrogens is 328 g/mol. The third kappa shape index (κ3) is 3.30. The van der Waals surface area contributed by atoms with Crippen LogP contribution in [0.3, 0.4) is 0 Å². The van der Waals surface area contributed by atoms with Crippen molar-refractivity contribution < 1.29 is 8.42 Å². The molecule has 1 aliphatic carbocycles. The van der Waals surface area contributed by atoms with Crippen LogP contribution in [0.25, 0.3) is 0 Å². The lowest BCUT2D eigenvalue weighted by molar-refractivity contribution is 0.341. The van der Waals surface area contributed by atoms with E-state index in [0.717, 1.165) is 12.8 Å². The maximum absolute atomic E-state index is 12.7. The smallest absolute Gasteiger partial charge is 0.243 e. The predicted molar refractivity (Wildman–Crippen MR) is 80.3 cm³/mol. The molecule has 1 fully saturated rings. The number of nitrogens with zero attached hydrogens (tertiary/aromatic N) is 1. The number of halogens is 1. The van der Waals surface area contributed by atoms with Gasteiger partial charge in [0.05, 0.1) is 4.90 Å². The van der Waals surface area contributed by atoms with Gasteiger partial charge in [0, 0.05) is 22.7 Å². The van der Waals surface area contributed by atoms with E-state index in [-0.39, 0.29) is 6.04 Å². The molecular formula is C13H19BrN2O2S. The first-order valence-corrected chi connectivity index (χ1v) is 8.62. The third-order valence-corrected chi connectivity index (χ3v) is 6.01. The van der Waals surface area contributed by atoms with E-state index in [4.69, 9.17) is 5.73 Å². The van der Waals surface area contributed by atoms with Crippen LogP contribution in [-0.2, 0) is 10.0 Å². The number of anilines is 1. The molecule has 1 aromatic carbocycles. The summed E-state index contributed by atoms with van der Waals surface area (Å²) in [4.78, 5) is 0.294. The fourth-order valence-corrected chi connectivity index (χ4v) is 4.22. The van der Waals surface area contributed by atoms with E-state index >= 15 is 0 Å².